The van der Waals surface area contributed by atoms with Crippen LogP contribution in [0.3, 0.4) is 0 Å². The van der Waals surface area contributed by atoms with Crippen LogP contribution >= 0.6 is 23.5 Å². The number of thioether (sulfide) groups is 2. The Morgan fingerprint density at radius 1 is 1.28 bits per heavy atom. The molecule has 130 valence electrons. The third kappa shape index (κ3) is 5.54. The summed E-state index contributed by atoms with van der Waals surface area (Å²) in [6.45, 7) is 1.87. The molecule has 25 heavy (non-hydrogen) atoms. The van der Waals surface area contributed by atoms with E-state index in [9.17, 15) is 4.79 Å². The number of carbonyl (C=O) groups excluding carboxylic acids is 1. The first-order valence-electron chi connectivity index (χ1n) is 8.10. The number of nitrogens with one attached hydrogen (secondary N) is 1. The smallest absolute Gasteiger partial charge is 0.253 e. The molecule has 6 heteroatoms. The highest BCUT2D eigenvalue weighted by molar-refractivity contribution is 8.00. The maximum absolute atomic E-state index is 12.1. The molecule has 0 bridgehead atoms. The molecule has 1 N–H and O–H groups in total. The van der Waals surface area contributed by atoms with Crippen molar-refractivity contribution in [2.24, 2.45) is 5.10 Å². The molecule has 1 aliphatic heterocycles. The molecule has 0 aliphatic carbocycles. The van der Waals surface area contributed by atoms with Crippen LogP contribution in [0.15, 0.2) is 64.6 Å². The van der Waals surface area contributed by atoms with Crippen LogP contribution in [-0.4, -0.2) is 35.0 Å². The van der Waals surface area contributed by atoms with Gasteiger partial charge in [-0.2, -0.15) is 16.9 Å². The summed E-state index contributed by atoms with van der Waals surface area (Å²) in [7, 11) is 0. The van der Waals surface area contributed by atoms with Gasteiger partial charge in [0.2, 0.25) is 0 Å². The van der Waals surface area contributed by atoms with Crippen LogP contribution in [0.1, 0.15) is 12.5 Å². The number of hydrogen-bond acceptors (Lipinski definition) is 5. The summed E-state index contributed by atoms with van der Waals surface area (Å²) in [5.41, 5.74) is 3.50. The zero-order valence-electron chi connectivity index (χ0n) is 13.9. The van der Waals surface area contributed by atoms with Crippen LogP contribution in [0.4, 0.5) is 0 Å². The molecular formula is C19H20N2O2S2. The quantitative estimate of drug-likeness (QED) is 0.456. The van der Waals surface area contributed by atoms with E-state index in [4.69, 9.17) is 4.74 Å². The normalized spacial score (nSPS) is 15.6. The summed E-state index contributed by atoms with van der Waals surface area (Å²) in [4.78, 5) is 13.2. The largest absolute Gasteiger partial charge is 0.489 e. The minimum absolute atomic E-state index is 0.121. The van der Waals surface area contributed by atoms with Gasteiger partial charge in [0, 0.05) is 16.4 Å². The van der Waals surface area contributed by atoms with E-state index in [2.05, 4.69) is 10.5 Å². The SMILES string of the molecule is C[C@H](Sc1ccccc1)C(=O)N/N=C\c1cccc(OC2CSC2)c1. The number of rotatable bonds is 7. The van der Waals surface area contributed by atoms with Crippen molar-refractivity contribution >= 4 is 35.6 Å². The first kappa shape index (κ1) is 17.9. The lowest BCUT2D eigenvalue weighted by atomic mass is 10.2. The number of nitrogens with zero attached hydrogens (tertiary/aromatic N) is 1. The number of ether oxygens (including phenoxy) is 1. The van der Waals surface area contributed by atoms with Crippen molar-refractivity contribution in [2.45, 2.75) is 23.2 Å². The van der Waals surface area contributed by atoms with Gasteiger partial charge in [-0.25, -0.2) is 5.43 Å². The second-order valence-corrected chi connectivity index (χ2v) is 8.15. The number of amides is 1. The van der Waals surface area contributed by atoms with E-state index in [1.54, 1.807) is 6.21 Å². The highest BCUT2D eigenvalue weighted by Gasteiger charge is 2.19. The Hall–Kier alpha value is -1.92. The van der Waals surface area contributed by atoms with Gasteiger partial charge in [0.05, 0.1) is 11.5 Å². The molecule has 1 heterocycles. The Labute approximate surface area is 156 Å². The fourth-order valence-corrected chi connectivity index (χ4v) is 3.61. The molecule has 1 aliphatic rings. The fourth-order valence-electron chi connectivity index (χ4n) is 2.16. The molecule has 1 fully saturated rings. The van der Waals surface area contributed by atoms with Gasteiger partial charge in [-0.1, -0.05) is 30.3 Å². The second kappa shape index (κ2) is 8.97. The standard InChI is InChI=1S/C19H20N2O2S2/c1-14(25-18-8-3-2-4-9-18)19(22)21-20-11-15-6-5-7-16(10-15)23-17-12-24-13-17/h2-11,14,17H,12-13H2,1H3,(H,21,22)/b20-11-/t14-/m0/s1. The lowest BCUT2D eigenvalue weighted by Gasteiger charge is -2.25. The van der Waals surface area contributed by atoms with E-state index >= 15 is 0 Å². The number of hydrazone groups is 1. The Kier molecular flexibility index (Phi) is 6.42. The first-order chi connectivity index (χ1) is 12.2. The van der Waals surface area contributed by atoms with E-state index in [0.29, 0.717) is 6.10 Å². The van der Waals surface area contributed by atoms with Crippen LogP contribution in [-0.2, 0) is 4.79 Å². The van der Waals surface area contributed by atoms with Crippen LogP contribution in [0, 0.1) is 0 Å². The van der Waals surface area contributed by atoms with Gasteiger partial charge >= 0.3 is 0 Å². The van der Waals surface area contributed by atoms with Gasteiger partial charge in [0.1, 0.15) is 11.9 Å². The van der Waals surface area contributed by atoms with Gasteiger partial charge in [0.15, 0.2) is 0 Å². The highest BCUT2D eigenvalue weighted by atomic mass is 32.2. The molecule has 1 amide bonds. The molecule has 2 aromatic carbocycles. The van der Waals surface area contributed by atoms with Crippen molar-refractivity contribution in [2.75, 3.05) is 11.5 Å². The minimum Gasteiger partial charge on any atom is -0.489 e. The van der Waals surface area contributed by atoms with Gasteiger partial charge in [-0.15, -0.1) is 11.8 Å². The molecule has 0 aromatic heterocycles. The van der Waals surface area contributed by atoms with Crippen LogP contribution in [0.2, 0.25) is 0 Å². The summed E-state index contributed by atoms with van der Waals surface area (Å²) >= 11 is 3.40. The number of hydrogen-bond donors (Lipinski definition) is 1. The second-order valence-electron chi connectivity index (χ2n) is 5.66. The topological polar surface area (TPSA) is 50.7 Å². The summed E-state index contributed by atoms with van der Waals surface area (Å²) in [5.74, 6) is 2.81. The number of carbonyl (C=O) groups is 1. The monoisotopic (exact) mass is 372 g/mol. The predicted octanol–water partition coefficient (Wildman–Crippen LogP) is 3.81. The molecule has 0 unspecified atom stereocenters. The van der Waals surface area contributed by atoms with Crippen molar-refractivity contribution < 1.29 is 9.53 Å². The minimum atomic E-state index is -0.217. The Balaban J connectivity index is 1.50. The van der Waals surface area contributed by atoms with Crippen molar-refractivity contribution in [3.63, 3.8) is 0 Å². The molecule has 1 atom stereocenters. The van der Waals surface area contributed by atoms with E-state index in [-0.39, 0.29) is 11.2 Å². The molecule has 0 spiro atoms. The van der Waals surface area contributed by atoms with Crippen molar-refractivity contribution in [1.82, 2.24) is 5.43 Å². The van der Waals surface area contributed by atoms with E-state index in [1.165, 1.54) is 11.8 Å². The van der Waals surface area contributed by atoms with Crippen LogP contribution < -0.4 is 10.2 Å². The summed E-state index contributed by atoms with van der Waals surface area (Å²) in [6.07, 6.45) is 1.95. The van der Waals surface area contributed by atoms with Gasteiger partial charge in [-0.3, -0.25) is 4.79 Å². The van der Waals surface area contributed by atoms with E-state index in [1.807, 2.05) is 73.3 Å². The van der Waals surface area contributed by atoms with Gasteiger partial charge < -0.3 is 4.74 Å². The zero-order valence-corrected chi connectivity index (χ0v) is 15.6. The summed E-state index contributed by atoms with van der Waals surface area (Å²) in [5, 5.41) is 3.84. The Morgan fingerprint density at radius 3 is 2.80 bits per heavy atom. The van der Waals surface area contributed by atoms with E-state index < -0.39 is 0 Å². The van der Waals surface area contributed by atoms with Crippen molar-refractivity contribution in [3.05, 3.63) is 60.2 Å². The maximum Gasteiger partial charge on any atom is 0.253 e. The first-order valence-corrected chi connectivity index (χ1v) is 10.1. The molecule has 2 aromatic rings. The predicted molar refractivity (Wildman–Crippen MR) is 106 cm³/mol. The summed E-state index contributed by atoms with van der Waals surface area (Å²) in [6, 6.07) is 17.6. The molecule has 0 saturated carbocycles. The van der Waals surface area contributed by atoms with E-state index in [0.717, 1.165) is 27.7 Å². The number of benzene rings is 2. The molecule has 0 radical (unpaired) electrons. The van der Waals surface area contributed by atoms with Crippen molar-refractivity contribution in [1.29, 1.82) is 0 Å². The molecular weight excluding hydrogens is 352 g/mol. The Bertz CT molecular complexity index is 733. The Morgan fingerprint density at radius 2 is 2.08 bits per heavy atom. The fraction of sp³-hybridized carbons (Fsp3) is 0.263. The lowest BCUT2D eigenvalue weighted by Crippen LogP contribution is -2.31. The molecule has 3 rings (SSSR count). The maximum atomic E-state index is 12.1. The third-order valence-corrected chi connectivity index (χ3v) is 5.91. The van der Waals surface area contributed by atoms with Crippen LogP contribution in [0.5, 0.6) is 5.75 Å². The zero-order chi connectivity index (χ0) is 17.5. The van der Waals surface area contributed by atoms with Gasteiger partial charge in [0.25, 0.3) is 5.91 Å². The van der Waals surface area contributed by atoms with Gasteiger partial charge in [-0.05, 0) is 36.8 Å². The van der Waals surface area contributed by atoms with Crippen molar-refractivity contribution in [3.8, 4) is 5.75 Å². The molecule has 1 saturated heterocycles. The average Bonchev–Trinajstić information content (AvgIpc) is 2.59. The average molecular weight is 373 g/mol. The van der Waals surface area contributed by atoms with Crippen LogP contribution in [0.25, 0.3) is 0 Å². The lowest BCUT2D eigenvalue weighted by molar-refractivity contribution is -0.120. The summed E-state index contributed by atoms with van der Waals surface area (Å²) < 4.78 is 5.85. The molecule has 4 nitrogen and oxygen atoms in total. The highest BCUT2D eigenvalue weighted by Crippen LogP contribution is 2.24. The third-order valence-electron chi connectivity index (χ3n) is 3.58.